The van der Waals surface area contributed by atoms with E-state index >= 15 is 0 Å². The molecule has 17 heavy (non-hydrogen) atoms. The highest BCUT2D eigenvalue weighted by atomic mass is 79.9. The maximum Gasteiger partial charge on any atom is 0.0671 e. The summed E-state index contributed by atoms with van der Waals surface area (Å²) in [5.74, 6) is 0. The molecule has 2 rings (SSSR count). The number of rotatable bonds is 3. The third-order valence-corrected chi connectivity index (χ3v) is 4.67. The van der Waals surface area contributed by atoms with E-state index in [1.165, 1.54) is 21.6 Å². The fourth-order valence-corrected chi connectivity index (χ4v) is 3.57. The van der Waals surface area contributed by atoms with Gasteiger partial charge in [0.25, 0.3) is 0 Å². The molecule has 1 heterocycles. The van der Waals surface area contributed by atoms with Gasteiger partial charge < -0.3 is 5.32 Å². The highest BCUT2D eigenvalue weighted by Gasteiger charge is 2.16. The molecule has 3 heteroatoms. The van der Waals surface area contributed by atoms with Crippen LogP contribution >= 0.6 is 27.3 Å². The summed E-state index contributed by atoms with van der Waals surface area (Å²) in [6, 6.07) is 9.09. The van der Waals surface area contributed by atoms with Crippen LogP contribution in [-0.2, 0) is 0 Å². The standard InChI is InChI=1S/C14H16BrNS/c1-9-4-5-10(2)12(6-9)14(16-3)13-7-11(15)8-17-13/h4-8,14,16H,1-3H3. The monoisotopic (exact) mass is 309 g/mol. The number of hydrogen-bond donors (Lipinski definition) is 1. The molecule has 1 unspecified atom stereocenters. The number of nitrogens with one attached hydrogen (secondary N) is 1. The Morgan fingerprint density at radius 1 is 1.24 bits per heavy atom. The Labute approximate surface area is 115 Å². The molecule has 0 fully saturated rings. The zero-order valence-corrected chi connectivity index (χ0v) is 12.7. The molecule has 0 aliphatic heterocycles. The van der Waals surface area contributed by atoms with Gasteiger partial charge in [0.2, 0.25) is 0 Å². The van der Waals surface area contributed by atoms with Gasteiger partial charge in [-0.1, -0.05) is 23.8 Å². The highest BCUT2D eigenvalue weighted by molar-refractivity contribution is 9.10. The van der Waals surface area contributed by atoms with Crippen molar-refractivity contribution in [3.05, 3.63) is 55.7 Å². The third kappa shape index (κ3) is 2.79. The Morgan fingerprint density at radius 3 is 2.59 bits per heavy atom. The summed E-state index contributed by atoms with van der Waals surface area (Å²) >= 11 is 5.30. The lowest BCUT2D eigenvalue weighted by atomic mass is 9.98. The first-order valence-corrected chi connectivity index (χ1v) is 7.27. The second-order valence-electron chi connectivity index (χ2n) is 4.25. The molecule has 2 aromatic rings. The van der Waals surface area contributed by atoms with Crippen LogP contribution in [0.15, 0.2) is 34.1 Å². The molecule has 0 aliphatic rings. The fraction of sp³-hybridized carbons (Fsp3) is 0.286. The van der Waals surface area contributed by atoms with Crippen LogP contribution in [0, 0.1) is 13.8 Å². The van der Waals surface area contributed by atoms with E-state index in [4.69, 9.17) is 0 Å². The zero-order chi connectivity index (χ0) is 12.4. The van der Waals surface area contributed by atoms with Crippen LogP contribution in [0.3, 0.4) is 0 Å². The molecule has 0 bridgehead atoms. The molecule has 0 radical (unpaired) electrons. The van der Waals surface area contributed by atoms with Gasteiger partial charge in [0.05, 0.1) is 6.04 Å². The molecule has 1 aromatic heterocycles. The molecule has 0 saturated carbocycles. The van der Waals surface area contributed by atoms with Gasteiger partial charge in [-0.15, -0.1) is 11.3 Å². The smallest absolute Gasteiger partial charge is 0.0671 e. The SMILES string of the molecule is CNC(c1cc(Br)cs1)c1cc(C)ccc1C. The summed E-state index contributed by atoms with van der Waals surface area (Å²) in [4.78, 5) is 1.34. The van der Waals surface area contributed by atoms with Crippen LogP contribution in [-0.4, -0.2) is 7.05 Å². The van der Waals surface area contributed by atoms with E-state index in [0.29, 0.717) is 0 Å². The first kappa shape index (κ1) is 12.8. The van der Waals surface area contributed by atoms with Crippen LogP contribution in [0.25, 0.3) is 0 Å². The van der Waals surface area contributed by atoms with Crippen molar-refractivity contribution in [1.82, 2.24) is 5.32 Å². The largest absolute Gasteiger partial charge is 0.309 e. The topological polar surface area (TPSA) is 12.0 Å². The van der Waals surface area contributed by atoms with Crippen molar-refractivity contribution in [2.75, 3.05) is 7.05 Å². The van der Waals surface area contributed by atoms with Crippen LogP contribution in [0.2, 0.25) is 0 Å². The first-order valence-electron chi connectivity index (χ1n) is 5.60. The minimum atomic E-state index is 0.284. The number of thiophene rings is 1. The third-order valence-electron chi connectivity index (χ3n) is 2.91. The maximum atomic E-state index is 3.52. The average Bonchev–Trinajstić information content (AvgIpc) is 2.71. The molecule has 0 amide bonds. The van der Waals surface area contributed by atoms with Crippen molar-refractivity contribution in [3.8, 4) is 0 Å². The quantitative estimate of drug-likeness (QED) is 0.884. The van der Waals surface area contributed by atoms with Crippen LogP contribution < -0.4 is 5.32 Å². The van der Waals surface area contributed by atoms with E-state index < -0.39 is 0 Å². The summed E-state index contributed by atoms with van der Waals surface area (Å²) in [6.45, 7) is 4.31. The van der Waals surface area contributed by atoms with Crippen molar-refractivity contribution in [2.24, 2.45) is 0 Å². The normalized spacial score (nSPS) is 12.7. The van der Waals surface area contributed by atoms with E-state index in [1.54, 1.807) is 11.3 Å². The van der Waals surface area contributed by atoms with Gasteiger partial charge in [-0.05, 0) is 54.0 Å². The second kappa shape index (κ2) is 5.34. The molecule has 1 atom stereocenters. The average molecular weight is 310 g/mol. The van der Waals surface area contributed by atoms with Gasteiger partial charge in [0.1, 0.15) is 0 Å². The van der Waals surface area contributed by atoms with Crippen LogP contribution in [0.5, 0.6) is 0 Å². The number of hydrogen-bond acceptors (Lipinski definition) is 2. The number of aryl methyl sites for hydroxylation is 2. The molecule has 1 nitrogen and oxygen atoms in total. The first-order chi connectivity index (χ1) is 8.11. The molecular formula is C14H16BrNS. The van der Waals surface area contributed by atoms with Crippen LogP contribution in [0.4, 0.5) is 0 Å². The predicted molar refractivity (Wildman–Crippen MR) is 78.8 cm³/mol. The molecule has 1 aromatic carbocycles. The number of benzene rings is 1. The lowest BCUT2D eigenvalue weighted by molar-refractivity contribution is 0.698. The minimum absolute atomic E-state index is 0.284. The Hall–Kier alpha value is -0.640. The van der Waals surface area contributed by atoms with E-state index in [1.807, 2.05) is 7.05 Å². The highest BCUT2D eigenvalue weighted by Crippen LogP contribution is 2.31. The summed E-state index contributed by atoms with van der Waals surface area (Å²) in [5, 5.41) is 5.54. The molecule has 1 N–H and O–H groups in total. The van der Waals surface area contributed by atoms with Crippen molar-refractivity contribution in [1.29, 1.82) is 0 Å². The molecule has 90 valence electrons. The fourth-order valence-electron chi connectivity index (χ4n) is 2.00. The summed E-state index contributed by atoms with van der Waals surface area (Å²) < 4.78 is 1.16. The van der Waals surface area contributed by atoms with Crippen molar-refractivity contribution >= 4 is 27.3 Å². The zero-order valence-electron chi connectivity index (χ0n) is 10.3. The van der Waals surface area contributed by atoms with Crippen molar-refractivity contribution in [3.63, 3.8) is 0 Å². The molecule has 0 saturated heterocycles. The summed E-state index contributed by atoms with van der Waals surface area (Å²) in [5.41, 5.74) is 4.00. The number of halogens is 1. The Bertz CT molecular complexity index is 519. The van der Waals surface area contributed by atoms with E-state index in [9.17, 15) is 0 Å². The molecule has 0 spiro atoms. The van der Waals surface area contributed by atoms with Gasteiger partial charge in [0, 0.05) is 14.7 Å². The minimum Gasteiger partial charge on any atom is -0.309 e. The van der Waals surface area contributed by atoms with Gasteiger partial charge in [-0.3, -0.25) is 0 Å². The lowest BCUT2D eigenvalue weighted by Gasteiger charge is -2.18. The van der Waals surface area contributed by atoms with E-state index in [2.05, 4.69) is 64.7 Å². The van der Waals surface area contributed by atoms with Gasteiger partial charge in [0.15, 0.2) is 0 Å². The van der Waals surface area contributed by atoms with E-state index in [0.717, 1.165) is 4.47 Å². The second-order valence-corrected chi connectivity index (χ2v) is 6.11. The van der Waals surface area contributed by atoms with Gasteiger partial charge >= 0.3 is 0 Å². The lowest BCUT2D eigenvalue weighted by Crippen LogP contribution is -2.17. The summed E-state index contributed by atoms with van der Waals surface area (Å²) in [6.07, 6.45) is 0. The maximum absolute atomic E-state index is 3.52. The molecular weight excluding hydrogens is 294 g/mol. The van der Waals surface area contributed by atoms with Gasteiger partial charge in [-0.25, -0.2) is 0 Å². The van der Waals surface area contributed by atoms with Crippen molar-refractivity contribution < 1.29 is 0 Å². The Balaban J connectivity index is 2.45. The summed E-state index contributed by atoms with van der Waals surface area (Å²) in [7, 11) is 2.01. The van der Waals surface area contributed by atoms with E-state index in [-0.39, 0.29) is 6.04 Å². The Kier molecular flexibility index (Phi) is 4.02. The predicted octanol–water partition coefficient (Wildman–Crippen LogP) is 4.44. The van der Waals surface area contributed by atoms with Crippen LogP contribution in [0.1, 0.15) is 27.6 Å². The Morgan fingerprint density at radius 2 is 2.00 bits per heavy atom. The van der Waals surface area contributed by atoms with Gasteiger partial charge in [-0.2, -0.15) is 0 Å². The molecule has 0 aliphatic carbocycles. The van der Waals surface area contributed by atoms with Crippen molar-refractivity contribution in [2.45, 2.75) is 19.9 Å².